The predicted molar refractivity (Wildman–Crippen MR) is 49.1 cm³/mol. The number of hydrazine groups is 1. The lowest BCUT2D eigenvalue weighted by molar-refractivity contribution is -0.146. The van der Waals surface area contributed by atoms with Crippen molar-refractivity contribution in [2.75, 3.05) is 13.7 Å². The average Bonchev–Trinajstić information content (AvgIpc) is 2.27. The van der Waals surface area contributed by atoms with E-state index in [9.17, 15) is 9.59 Å². The van der Waals surface area contributed by atoms with E-state index in [0.717, 1.165) is 12.8 Å². The Kier molecular flexibility index (Phi) is 3.70. The van der Waals surface area contributed by atoms with Crippen LogP contribution in [0.3, 0.4) is 0 Å². The van der Waals surface area contributed by atoms with Gasteiger partial charge in [0.05, 0.1) is 7.11 Å². The Morgan fingerprint density at radius 2 is 2.21 bits per heavy atom. The van der Waals surface area contributed by atoms with Crippen LogP contribution in [0.15, 0.2) is 0 Å². The average molecular weight is 201 g/mol. The van der Waals surface area contributed by atoms with Crippen molar-refractivity contribution in [3.05, 3.63) is 0 Å². The number of carbonyl (C=O) groups is 2. The molecule has 1 unspecified atom stereocenters. The summed E-state index contributed by atoms with van der Waals surface area (Å²) >= 11 is 0. The van der Waals surface area contributed by atoms with E-state index in [4.69, 9.17) is 5.84 Å². The molecule has 0 bridgehead atoms. The molecule has 1 aliphatic heterocycles. The lowest BCUT2D eigenvalue weighted by atomic mass is 10.0. The molecule has 0 aliphatic carbocycles. The highest BCUT2D eigenvalue weighted by Crippen LogP contribution is 2.17. The van der Waals surface area contributed by atoms with Gasteiger partial charge in [0.15, 0.2) is 0 Å². The molecule has 0 spiro atoms. The van der Waals surface area contributed by atoms with Crippen LogP contribution in [-0.2, 0) is 9.53 Å². The summed E-state index contributed by atoms with van der Waals surface area (Å²) in [6.45, 7) is 0.544. The van der Waals surface area contributed by atoms with Crippen molar-refractivity contribution in [3.8, 4) is 0 Å². The fourth-order valence-corrected chi connectivity index (χ4v) is 1.64. The third-order valence-corrected chi connectivity index (χ3v) is 2.36. The molecule has 1 heterocycles. The van der Waals surface area contributed by atoms with Gasteiger partial charge >= 0.3 is 12.0 Å². The maximum Gasteiger partial charge on any atom is 0.332 e. The van der Waals surface area contributed by atoms with Crippen LogP contribution in [0.2, 0.25) is 0 Å². The molecule has 80 valence electrons. The fourth-order valence-electron chi connectivity index (χ4n) is 1.64. The first-order chi connectivity index (χ1) is 6.70. The normalized spacial score (nSPS) is 21.6. The molecule has 0 aromatic carbocycles. The minimum absolute atomic E-state index is 0.381. The van der Waals surface area contributed by atoms with Gasteiger partial charge in [-0.3, -0.25) is 5.43 Å². The number of piperidine rings is 1. The highest BCUT2D eigenvalue weighted by atomic mass is 16.5. The third-order valence-electron chi connectivity index (χ3n) is 2.36. The molecule has 2 amide bonds. The van der Waals surface area contributed by atoms with Gasteiger partial charge in [-0.15, -0.1) is 0 Å². The van der Waals surface area contributed by atoms with Crippen LogP contribution >= 0.6 is 0 Å². The number of nitrogens with one attached hydrogen (secondary N) is 1. The first-order valence-electron chi connectivity index (χ1n) is 4.55. The summed E-state index contributed by atoms with van der Waals surface area (Å²) in [7, 11) is 1.31. The molecule has 6 heteroatoms. The standard InChI is InChI=1S/C8H15N3O3/c1-14-7(12)6-4-2-3-5-11(6)8(13)10-9/h6H,2-5,9H2,1H3,(H,10,13). The number of esters is 1. The van der Waals surface area contributed by atoms with Gasteiger partial charge in [0.1, 0.15) is 6.04 Å². The number of nitrogens with zero attached hydrogens (tertiary/aromatic N) is 1. The van der Waals surface area contributed by atoms with E-state index >= 15 is 0 Å². The summed E-state index contributed by atoms with van der Waals surface area (Å²) in [5.74, 6) is 4.63. The van der Waals surface area contributed by atoms with Gasteiger partial charge in [0, 0.05) is 6.54 Å². The Bertz CT molecular complexity index is 208. The predicted octanol–water partition coefficient (Wildman–Crippen LogP) is -0.403. The zero-order valence-electron chi connectivity index (χ0n) is 8.16. The molecule has 0 radical (unpaired) electrons. The van der Waals surface area contributed by atoms with Crippen molar-refractivity contribution in [2.45, 2.75) is 25.3 Å². The zero-order chi connectivity index (χ0) is 10.6. The molecular formula is C8H15N3O3. The molecule has 14 heavy (non-hydrogen) atoms. The Morgan fingerprint density at radius 1 is 1.50 bits per heavy atom. The van der Waals surface area contributed by atoms with Crippen molar-refractivity contribution in [1.29, 1.82) is 0 Å². The number of methoxy groups -OCH3 is 1. The van der Waals surface area contributed by atoms with Crippen LogP contribution in [-0.4, -0.2) is 36.6 Å². The monoisotopic (exact) mass is 201 g/mol. The maximum absolute atomic E-state index is 11.3. The van der Waals surface area contributed by atoms with E-state index in [1.807, 2.05) is 5.43 Å². The molecule has 0 aromatic heterocycles. The highest BCUT2D eigenvalue weighted by Gasteiger charge is 2.32. The van der Waals surface area contributed by atoms with E-state index in [1.165, 1.54) is 12.0 Å². The molecule has 3 N–H and O–H groups in total. The van der Waals surface area contributed by atoms with Gasteiger partial charge in [-0.05, 0) is 19.3 Å². The van der Waals surface area contributed by atoms with E-state index in [2.05, 4.69) is 4.74 Å². The molecule has 1 atom stereocenters. The van der Waals surface area contributed by atoms with Crippen molar-refractivity contribution >= 4 is 12.0 Å². The molecule has 1 rings (SSSR count). The summed E-state index contributed by atoms with van der Waals surface area (Å²) < 4.78 is 4.61. The molecule has 0 saturated carbocycles. The Labute approximate surface area is 82.3 Å². The molecule has 1 fully saturated rings. The van der Waals surface area contributed by atoms with Gasteiger partial charge in [0.25, 0.3) is 0 Å². The second kappa shape index (κ2) is 4.80. The van der Waals surface area contributed by atoms with Crippen LogP contribution in [0, 0.1) is 0 Å². The molecule has 6 nitrogen and oxygen atoms in total. The summed E-state index contributed by atoms with van der Waals surface area (Å²) in [5.41, 5.74) is 2.02. The van der Waals surface area contributed by atoms with E-state index in [-0.39, 0.29) is 5.97 Å². The summed E-state index contributed by atoms with van der Waals surface area (Å²) in [6, 6.07) is -0.919. The molecule has 1 aliphatic rings. The Morgan fingerprint density at radius 3 is 2.79 bits per heavy atom. The molecular weight excluding hydrogens is 186 g/mol. The topological polar surface area (TPSA) is 84.7 Å². The minimum atomic E-state index is -0.489. The number of rotatable bonds is 1. The zero-order valence-corrected chi connectivity index (χ0v) is 8.16. The summed E-state index contributed by atoms with van der Waals surface area (Å²) in [6.07, 6.45) is 2.45. The third kappa shape index (κ3) is 2.14. The largest absolute Gasteiger partial charge is 0.467 e. The van der Waals surface area contributed by atoms with Crippen LogP contribution in [0.5, 0.6) is 0 Å². The van der Waals surface area contributed by atoms with Crippen LogP contribution in [0.4, 0.5) is 4.79 Å². The number of carbonyl (C=O) groups excluding carboxylic acids is 2. The van der Waals surface area contributed by atoms with Crippen LogP contribution < -0.4 is 11.3 Å². The second-order valence-corrected chi connectivity index (χ2v) is 3.18. The van der Waals surface area contributed by atoms with Gasteiger partial charge in [-0.1, -0.05) is 0 Å². The maximum atomic E-state index is 11.3. The minimum Gasteiger partial charge on any atom is -0.467 e. The number of hydrogen-bond donors (Lipinski definition) is 2. The Hall–Kier alpha value is -1.30. The van der Waals surface area contributed by atoms with Crippen molar-refractivity contribution in [3.63, 3.8) is 0 Å². The van der Waals surface area contributed by atoms with E-state index in [1.54, 1.807) is 0 Å². The van der Waals surface area contributed by atoms with Crippen molar-refractivity contribution < 1.29 is 14.3 Å². The van der Waals surface area contributed by atoms with Crippen molar-refractivity contribution in [2.24, 2.45) is 5.84 Å². The first kappa shape index (κ1) is 10.8. The van der Waals surface area contributed by atoms with Gasteiger partial charge in [-0.2, -0.15) is 0 Å². The number of amides is 2. The smallest absolute Gasteiger partial charge is 0.332 e. The van der Waals surface area contributed by atoms with Crippen molar-refractivity contribution in [1.82, 2.24) is 10.3 Å². The SMILES string of the molecule is COC(=O)C1CCCCN1C(=O)NN. The summed E-state index contributed by atoms with van der Waals surface area (Å²) in [4.78, 5) is 24.0. The quantitative estimate of drug-likeness (QED) is 0.261. The lowest BCUT2D eigenvalue weighted by Crippen LogP contribution is -2.53. The van der Waals surface area contributed by atoms with Gasteiger partial charge in [-0.25, -0.2) is 15.4 Å². The Balaban J connectivity index is 2.68. The number of urea groups is 1. The van der Waals surface area contributed by atoms with E-state index < -0.39 is 12.1 Å². The number of likely N-dealkylation sites (tertiary alicyclic amines) is 1. The first-order valence-corrected chi connectivity index (χ1v) is 4.55. The fraction of sp³-hybridized carbons (Fsp3) is 0.750. The molecule has 1 saturated heterocycles. The number of nitrogens with two attached hydrogens (primary N) is 1. The number of hydrogen-bond acceptors (Lipinski definition) is 4. The summed E-state index contributed by atoms with van der Waals surface area (Å²) in [5, 5.41) is 0. The number of ether oxygens (including phenoxy) is 1. The molecule has 0 aromatic rings. The van der Waals surface area contributed by atoms with Crippen LogP contribution in [0.1, 0.15) is 19.3 Å². The highest BCUT2D eigenvalue weighted by molar-refractivity contribution is 5.83. The van der Waals surface area contributed by atoms with Gasteiger partial charge in [0.2, 0.25) is 0 Å². The lowest BCUT2D eigenvalue weighted by Gasteiger charge is -2.32. The second-order valence-electron chi connectivity index (χ2n) is 3.18. The van der Waals surface area contributed by atoms with E-state index in [0.29, 0.717) is 13.0 Å². The van der Waals surface area contributed by atoms with Gasteiger partial charge < -0.3 is 9.64 Å². The van der Waals surface area contributed by atoms with Crippen LogP contribution in [0.25, 0.3) is 0 Å².